The molecular formula is C33H41F2NO7S. The smallest absolute Gasteiger partial charge is 0.308 e. The molecule has 44 heavy (non-hydrogen) atoms. The van der Waals surface area contributed by atoms with Gasteiger partial charge >= 0.3 is 5.97 Å². The number of hydrogen-bond donors (Lipinski definition) is 1. The summed E-state index contributed by atoms with van der Waals surface area (Å²) in [6.45, 7) is 12.9. The number of carbonyl (C=O) groups is 2. The third-order valence-corrected chi connectivity index (χ3v) is 7.69. The van der Waals surface area contributed by atoms with Crippen molar-refractivity contribution in [2.75, 3.05) is 19.5 Å². The highest BCUT2D eigenvalue weighted by Crippen LogP contribution is 2.47. The zero-order valence-corrected chi connectivity index (χ0v) is 26.5. The molecule has 0 aromatic heterocycles. The van der Waals surface area contributed by atoms with Crippen LogP contribution in [-0.4, -0.2) is 45.9 Å². The van der Waals surface area contributed by atoms with Crippen LogP contribution in [0.15, 0.2) is 43.5 Å². The van der Waals surface area contributed by atoms with Gasteiger partial charge in [-0.15, -0.1) is 13.2 Å². The maximum atomic E-state index is 16.8. The van der Waals surface area contributed by atoms with Gasteiger partial charge in [0, 0.05) is 23.1 Å². The molecule has 11 heteroatoms. The molecule has 1 saturated carbocycles. The summed E-state index contributed by atoms with van der Waals surface area (Å²) in [6, 6.07) is 3.59. The second-order valence-corrected chi connectivity index (χ2v) is 12.5. The molecule has 0 aliphatic heterocycles. The predicted molar refractivity (Wildman–Crippen MR) is 165 cm³/mol. The molecule has 0 unspecified atom stereocenters. The number of benzene rings is 2. The zero-order chi connectivity index (χ0) is 32.6. The van der Waals surface area contributed by atoms with E-state index in [-0.39, 0.29) is 30.1 Å². The molecule has 240 valence electrons. The first-order chi connectivity index (χ1) is 20.8. The van der Waals surface area contributed by atoms with Crippen molar-refractivity contribution in [2.45, 2.75) is 77.4 Å². The van der Waals surface area contributed by atoms with Crippen LogP contribution < -0.4 is 10.1 Å². The molecule has 0 heterocycles. The van der Waals surface area contributed by atoms with Crippen LogP contribution in [0.2, 0.25) is 0 Å². The molecule has 2 aromatic carbocycles. The van der Waals surface area contributed by atoms with Crippen LogP contribution in [0.5, 0.6) is 5.75 Å². The molecule has 0 radical (unpaired) electrons. The van der Waals surface area contributed by atoms with Crippen molar-refractivity contribution in [2.24, 2.45) is 0 Å². The first-order valence-electron chi connectivity index (χ1n) is 14.6. The van der Waals surface area contributed by atoms with Gasteiger partial charge in [0.25, 0.3) is 16.0 Å². The van der Waals surface area contributed by atoms with E-state index < -0.39 is 57.8 Å². The molecule has 2 aromatic rings. The van der Waals surface area contributed by atoms with Crippen LogP contribution >= 0.6 is 0 Å². The summed E-state index contributed by atoms with van der Waals surface area (Å²) in [6.07, 6.45) is 4.24. The third kappa shape index (κ3) is 9.22. The monoisotopic (exact) mass is 633 g/mol. The highest BCUT2D eigenvalue weighted by molar-refractivity contribution is 7.86. The highest BCUT2D eigenvalue weighted by atomic mass is 32.2. The highest BCUT2D eigenvalue weighted by Gasteiger charge is 2.36. The van der Waals surface area contributed by atoms with E-state index in [0.29, 0.717) is 42.7 Å². The number of amides is 1. The van der Waals surface area contributed by atoms with Crippen molar-refractivity contribution in [1.82, 2.24) is 5.32 Å². The molecule has 0 bridgehead atoms. The third-order valence-electron chi connectivity index (χ3n) is 7.11. The number of halogens is 2. The van der Waals surface area contributed by atoms with Gasteiger partial charge in [-0.3, -0.25) is 13.8 Å². The Morgan fingerprint density at radius 1 is 1.11 bits per heavy atom. The first-order valence-corrected chi connectivity index (χ1v) is 16.4. The molecule has 0 saturated heterocycles. The molecule has 3 rings (SSSR count). The fourth-order valence-corrected chi connectivity index (χ4v) is 5.67. The fourth-order valence-electron chi connectivity index (χ4n) is 5.08. The Kier molecular flexibility index (Phi) is 12.2. The minimum atomic E-state index is -4.08. The van der Waals surface area contributed by atoms with E-state index >= 15 is 8.78 Å². The molecule has 1 aliphatic carbocycles. The maximum absolute atomic E-state index is 16.8. The summed E-state index contributed by atoms with van der Waals surface area (Å²) in [5.41, 5.74) is 1.81. The Balaban J connectivity index is 2.21. The Bertz CT molecular complexity index is 1500. The van der Waals surface area contributed by atoms with Gasteiger partial charge in [-0.1, -0.05) is 18.2 Å². The number of unbranched alkanes of at least 4 members (excludes halogenated alkanes) is 1. The molecular weight excluding hydrogens is 592 g/mol. The van der Waals surface area contributed by atoms with Crippen LogP contribution in [0.25, 0.3) is 11.1 Å². The van der Waals surface area contributed by atoms with Gasteiger partial charge in [0.15, 0.2) is 6.10 Å². The number of hydrogen-bond acceptors (Lipinski definition) is 7. The summed E-state index contributed by atoms with van der Waals surface area (Å²) in [4.78, 5) is 26.0. The van der Waals surface area contributed by atoms with Gasteiger partial charge in [-0.2, -0.15) is 8.42 Å². The van der Waals surface area contributed by atoms with Crippen molar-refractivity contribution in [3.63, 3.8) is 0 Å². The Labute approximate surface area is 258 Å². The standard InChI is InChI=1S/C33H41F2NO7S/c1-7-10-11-15-42-27-17-20(4)16-21(5)29(27)24-18-23(22-13-14-22)31(34)30(32(24)35)25(19-28(37)41-9-3)36-33(38)26(12-8-2)43-44(6,39)40/h7-8,16-18,22,25-26H,1-2,9-15,19H2,3-6H3,(H,36,38)/t25-,26+/m0/s1. The molecule has 0 spiro atoms. The van der Waals surface area contributed by atoms with E-state index in [2.05, 4.69) is 18.5 Å². The van der Waals surface area contributed by atoms with Crippen LogP contribution in [-0.2, 0) is 28.6 Å². The molecule has 8 nitrogen and oxygen atoms in total. The second-order valence-electron chi connectivity index (χ2n) is 10.9. The topological polar surface area (TPSA) is 108 Å². The van der Waals surface area contributed by atoms with Crippen molar-refractivity contribution in [3.05, 3.63) is 77.4 Å². The Morgan fingerprint density at radius 2 is 1.82 bits per heavy atom. The fraction of sp³-hybridized carbons (Fsp3) is 0.455. The van der Waals surface area contributed by atoms with Crippen LogP contribution in [0.1, 0.15) is 79.7 Å². The number of allylic oxidation sites excluding steroid dienone is 1. The van der Waals surface area contributed by atoms with Gasteiger partial charge in [-0.25, -0.2) is 8.78 Å². The molecule has 1 amide bonds. The number of carbonyl (C=O) groups excluding carboxylic acids is 2. The van der Waals surface area contributed by atoms with Crippen LogP contribution in [0.3, 0.4) is 0 Å². The summed E-state index contributed by atoms with van der Waals surface area (Å²) < 4.78 is 72.8. The van der Waals surface area contributed by atoms with E-state index in [4.69, 9.17) is 13.7 Å². The van der Waals surface area contributed by atoms with Gasteiger partial charge in [0.1, 0.15) is 17.4 Å². The lowest BCUT2D eigenvalue weighted by molar-refractivity contribution is -0.144. The minimum Gasteiger partial charge on any atom is -0.493 e. The lowest BCUT2D eigenvalue weighted by Gasteiger charge is -2.25. The number of ether oxygens (including phenoxy) is 2. The van der Waals surface area contributed by atoms with Gasteiger partial charge in [0.2, 0.25) is 0 Å². The number of nitrogens with one attached hydrogen (secondary N) is 1. The molecule has 1 N–H and O–H groups in total. The summed E-state index contributed by atoms with van der Waals surface area (Å²) in [5, 5.41) is 2.47. The molecule has 2 atom stereocenters. The Morgan fingerprint density at radius 3 is 2.41 bits per heavy atom. The van der Waals surface area contributed by atoms with E-state index in [9.17, 15) is 18.0 Å². The van der Waals surface area contributed by atoms with E-state index in [0.717, 1.165) is 18.2 Å². The van der Waals surface area contributed by atoms with Crippen molar-refractivity contribution < 1.29 is 40.4 Å². The SMILES string of the molecule is C=CCCCOc1cc(C)cc(C)c1-c1cc(C2CC2)c(F)c([C@H](CC(=O)OCC)NC(=O)[C@@H](CC=C)OS(C)(=O)=O)c1F. The number of aryl methyl sites for hydroxylation is 2. The quantitative estimate of drug-likeness (QED) is 0.0917. The van der Waals surface area contributed by atoms with Crippen LogP contribution in [0, 0.1) is 25.5 Å². The minimum absolute atomic E-state index is 0.00319. The lowest BCUT2D eigenvalue weighted by Crippen LogP contribution is -2.41. The maximum Gasteiger partial charge on any atom is 0.308 e. The zero-order valence-electron chi connectivity index (χ0n) is 25.7. The van der Waals surface area contributed by atoms with Gasteiger partial charge in [-0.05, 0) is 81.2 Å². The van der Waals surface area contributed by atoms with Gasteiger partial charge in [0.05, 0.1) is 31.9 Å². The molecule has 1 fully saturated rings. The summed E-state index contributed by atoms with van der Waals surface area (Å²) in [7, 11) is -4.08. The van der Waals surface area contributed by atoms with Crippen LogP contribution in [0.4, 0.5) is 8.78 Å². The van der Waals surface area contributed by atoms with Crippen molar-refractivity contribution in [3.8, 4) is 16.9 Å². The lowest BCUT2D eigenvalue weighted by atomic mass is 9.89. The average Bonchev–Trinajstić information content (AvgIpc) is 3.76. The van der Waals surface area contributed by atoms with E-state index in [1.54, 1.807) is 26.0 Å². The Hall–Kier alpha value is -3.57. The average molecular weight is 634 g/mol. The van der Waals surface area contributed by atoms with Gasteiger partial charge < -0.3 is 14.8 Å². The van der Waals surface area contributed by atoms with Crippen molar-refractivity contribution >= 4 is 22.0 Å². The second kappa shape index (κ2) is 15.4. The van der Waals surface area contributed by atoms with Crippen molar-refractivity contribution in [1.29, 1.82) is 0 Å². The first kappa shape index (κ1) is 34.9. The number of rotatable bonds is 17. The summed E-state index contributed by atoms with van der Waals surface area (Å²) in [5.74, 6) is -3.41. The van der Waals surface area contributed by atoms with E-state index in [1.165, 1.54) is 12.1 Å². The largest absolute Gasteiger partial charge is 0.493 e. The molecule has 1 aliphatic rings. The normalized spacial score (nSPS) is 14.4. The summed E-state index contributed by atoms with van der Waals surface area (Å²) >= 11 is 0. The predicted octanol–water partition coefficient (Wildman–Crippen LogP) is 6.50. The number of esters is 1. The van der Waals surface area contributed by atoms with E-state index in [1.807, 2.05) is 13.0 Å².